The van der Waals surface area contributed by atoms with Crippen molar-refractivity contribution in [2.75, 3.05) is 32.9 Å². The predicted molar refractivity (Wildman–Crippen MR) is 106 cm³/mol. The van der Waals surface area contributed by atoms with Crippen LogP contribution in [0.5, 0.6) is 5.75 Å². The number of aromatic nitrogens is 1. The van der Waals surface area contributed by atoms with E-state index >= 15 is 0 Å². The third-order valence-electron chi connectivity index (χ3n) is 5.41. The Hall–Kier alpha value is -2.44. The van der Waals surface area contributed by atoms with Gasteiger partial charge < -0.3 is 14.4 Å². The topological polar surface area (TPSA) is 54.9 Å². The standard InChI is InChI=1S/C22H27N3O3/c1-16-3-5-19(12-23-16)22(26)25-14-20-11-18(13-24-7-9-27-10-8-24)4-6-21(20)28-15-17(25)2/h3-6,11-12,17H,7-10,13-15H2,1-2H3. The van der Waals surface area contributed by atoms with E-state index in [0.717, 1.165) is 49.9 Å². The summed E-state index contributed by atoms with van der Waals surface area (Å²) in [6.07, 6.45) is 1.66. The van der Waals surface area contributed by atoms with E-state index in [0.29, 0.717) is 18.7 Å². The molecular formula is C22H27N3O3. The summed E-state index contributed by atoms with van der Waals surface area (Å²) < 4.78 is 11.4. The minimum Gasteiger partial charge on any atom is -0.491 e. The van der Waals surface area contributed by atoms with E-state index < -0.39 is 0 Å². The lowest BCUT2D eigenvalue weighted by Crippen LogP contribution is -2.39. The molecule has 1 amide bonds. The summed E-state index contributed by atoms with van der Waals surface area (Å²) in [5, 5.41) is 0. The summed E-state index contributed by atoms with van der Waals surface area (Å²) in [6.45, 7) is 9.36. The van der Waals surface area contributed by atoms with Crippen molar-refractivity contribution in [3.63, 3.8) is 0 Å². The minimum atomic E-state index is -0.0103. The summed E-state index contributed by atoms with van der Waals surface area (Å²) in [5.41, 5.74) is 3.82. The molecule has 148 valence electrons. The lowest BCUT2D eigenvalue weighted by atomic mass is 10.1. The largest absolute Gasteiger partial charge is 0.491 e. The molecule has 2 aliphatic heterocycles. The number of aryl methyl sites for hydroxylation is 1. The highest BCUT2D eigenvalue weighted by molar-refractivity contribution is 5.94. The molecule has 1 saturated heterocycles. The summed E-state index contributed by atoms with van der Waals surface area (Å²) in [7, 11) is 0. The van der Waals surface area contributed by atoms with E-state index in [9.17, 15) is 4.79 Å². The third-order valence-corrected chi connectivity index (χ3v) is 5.41. The SMILES string of the molecule is Cc1ccc(C(=O)N2Cc3cc(CN4CCOCC4)ccc3OCC2C)cn1. The first-order valence-corrected chi connectivity index (χ1v) is 9.88. The summed E-state index contributed by atoms with van der Waals surface area (Å²) in [5.74, 6) is 0.866. The molecule has 1 aromatic carbocycles. The second-order valence-corrected chi connectivity index (χ2v) is 7.61. The number of pyridine rings is 1. The number of rotatable bonds is 3. The average Bonchev–Trinajstić information content (AvgIpc) is 2.88. The molecule has 6 nitrogen and oxygen atoms in total. The van der Waals surface area contributed by atoms with Gasteiger partial charge in [0.1, 0.15) is 12.4 Å². The molecule has 1 aromatic heterocycles. The second-order valence-electron chi connectivity index (χ2n) is 7.61. The third kappa shape index (κ3) is 4.18. The van der Waals surface area contributed by atoms with Crippen molar-refractivity contribution in [1.29, 1.82) is 0 Å². The number of carbonyl (C=O) groups is 1. The number of amides is 1. The van der Waals surface area contributed by atoms with Crippen LogP contribution in [-0.4, -0.2) is 59.6 Å². The van der Waals surface area contributed by atoms with Crippen LogP contribution in [0.3, 0.4) is 0 Å². The highest BCUT2D eigenvalue weighted by Gasteiger charge is 2.27. The first kappa shape index (κ1) is 18.9. The van der Waals surface area contributed by atoms with Crippen LogP contribution in [0.25, 0.3) is 0 Å². The van der Waals surface area contributed by atoms with Crippen molar-refractivity contribution in [2.45, 2.75) is 33.0 Å². The van der Waals surface area contributed by atoms with Crippen molar-refractivity contribution in [2.24, 2.45) is 0 Å². The van der Waals surface area contributed by atoms with Gasteiger partial charge in [-0.05, 0) is 43.7 Å². The summed E-state index contributed by atoms with van der Waals surface area (Å²) >= 11 is 0. The minimum absolute atomic E-state index is 0.00460. The lowest BCUT2D eigenvalue weighted by molar-refractivity contribution is 0.0341. The molecule has 0 radical (unpaired) electrons. The fraction of sp³-hybridized carbons (Fsp3) is 0.455. The molecule has 1 fully saturated rings. The zero-order valence-corrected chi connectivity index (χ0v) is 16.6. The number of hydrogen-bond acceptors (Lipinski definition) is 5. The molecule has 2 aromatic rings. The zero-order valence-electron chi connectivity index (χ0n) is 16.6. The summed E-state index contributed by atoms with van der Waals surface area (Å²) in [4.78, 5) is 21.6. The van der Waals surface area contributed by atoms with E-state index in [1.165, 1.54) is 5.56 Å². The van der Waals surface area contributed by atoms with Gasteiger partial charge in [0.25, 0.3) is 5.91 Å². The normalized spacial score (nSPS) is 20.2. The maximum Gasteiger partial charge on any atom is 0.256 e. The first-order valence-electron chi connectivity index (χ1n) is 9.88. The Morgan fingerprint density at radius 3 is 2.79 bits per heavy atom. The number of morpholine rings is 1. The number of carbonyl (C=O) groups excluding carboxylic acids is 1. The van der Waals surface area contributed by atoms with Gasteiger partial charge in [-0.3, -0.25) is 14.7 Å². The molecule has 1 atom stereocenters. The fourth-order valence-electron chi connectivity index (χ4n) is 3.68. The van der Waals surface area contributed by atoms with Gasteiger partial charge in [0.2, 0.25) is 0 Å². The molecule has 28 heavy (non-hydrogen) atoms. The van der Waals surface area contributed by atoms with Gasteiger partial charge in [-0.25, -0.2) is 0 Å². The molecule has 0 aliphatic carbocycles. The fourth-order valence-corrected chi connectivity index (χ4v) is 3.68. The number of fused-ring (bicyclic) bond motifs is 1. The molecule has 4 rings (SSSR count). The molecule has 0 bridgehead atoms. The van der Waals surface area contributed by atoms with Crippen molar-refractivity contribution in [1.82, 2.24) is 14.8 Å². The Morgan fingerprint density at radius 2 is 2.04 bits per heavy atom. The van der Waals surface area contributed by atoms with Crippen LogP contribution in [0.1, 0.15) is 34.1 Å². The molecule has 0 saturated carbocycles. The van der Waals surface area contributed by atoms with Crippen molar-refractivity contribution < 1.29 is 14.3 Å². The Kier molecular flexibility index (Phi) is 5.59. The van der Waals surface area contributed by atoms with Crippen LogP contribution < -0.4 is 4.74 Å². The number of hydrogen-bond donors (Lipinski definition) is 0. The molecule has 1 unspecified atom stereocenters. The van der Waals surface area contributed by atoms with E-state index in [2.05, 4.69) is 22.0 Å². The van der Waals surface area contributed by atoms with Gasteiger partial charge in [0.05, 0.1) is 31.4 Å². The number of ether oxygens (including phenoxy) is 2. The maximum absolute atomic E-state index is 13.1. The lowest BCUT2D eigenvalue weighted by Gasteiger charge is -2.27. The van der Waals surface area contributed by atoms with E-state index in [-0.39, 0.29) is 11.9 Å². The van der Waals surface area contributed by atoms with Crippen LogP contribution in [0.2, 0.25) is 0 Å². The second kappa shape index (κ2) is 8.29. The van der Waals surface area contributed by atoms with Crippen LogP contribution in [0, 0.1) is 6.92 Å². The van der Waals surface area contributed by atoms with Crippen LogP contribution >= 0.6 is 0 Å². The molecule has 0 N–H and O–H groups in total. The summed E-state index contributed by atoms with van der Waals surface area (Å²) in [6, 6.07) is 10.1. The highest BCUT2D eigenvalue weighted by Crippen LogP contribution is 2.28. The zero-order chi connectivity index (χ0) is 19.5. The van der Waals surface area contributed by atoms with Gasteiger partial charge >= 0.3 is 0 Å². The Labute approximate surface area is 166 Å². The maximum atomic E-state index is 13.1. The van der Waals surface area contributed by atoms with Gasteiger partial charge in [0.15, 0.2) is 0 Å². The first-order chi connectivity index (χ1) is 13.6. The Morgan fingerprint density at radius 1 is 1.21 bits per heavy atom. The van der Waals surface area contributed by atoms with Crippen LogP contribution in [0.4, 0.5) is 0 Å². The monoisotopic (exact) mass is 381 g/mol. The molecule has 0 spiro atoms. The van der Waals surface area contributed by atoms with Gasteiger partial charge in [0, 0.05) is 37.1 Å². The average molecular weight is 381 g/mol. The van der Waals surface area contributed by atoms with Crippen molar-refractivity contribution >= 4 is 5.91 Å². The highest BCUT2D eigenvalue weighted by atomic mass is 16.5. The number of benzene rings is 1. The molecule has 3 heterocycles. The van der Waals surface area contributed by atoms with E-state index in [1.807, 2.05) is 36.9 Å². The van der Waals surface area contributed by atoms with Crippen molar-refractivity contribution in [3.05, 3.63) is 58.9 Å². The van der Waals surface area contributed by atoms with E-state index in [1.54, 1.807) is 6.20 Å². The van der Waals surface area contributed by atoms with Crippen LogP contribution in [-0.2, 0) is 17.8 Å². The quantitative estimate of drug-likeness (QED) is 0.818. The Bertz CT molecular complexity index is 831. The molecular weight excluding hydrogens is 354 g/mol. The Balaban J connectivity index is 1.54. The predicted octanol–water partition coefficient (Wildman–Crippen LogP) is 2.65. The van der Waals surface area contributed by atoms with Crippen LogP contribution in [0.15, 0.2) is 36.5 Å². The molecule has 2 aliphatic rings. The molecule has 6 heteroatoms. The van der Waals surface area contributed by atoms with Crippen molar-refractivity contribution in [3.8, 4) is 5.75 Å². The van der Waals surface area contributed by atoms with Gasteiger partial charge in [-0.1, -0.05) is 6.07 Å². The van der Waals surface area contributed by atoms with Gasteiger partial charge in [-0.2, -0.15) is 0 Å². The number of nitrogens with zero attached hydrogens (tertiary/aromatic N) is 3. The van der Waals surface area contributed by atoms with Gasteiger partial charge in [-0.15, -0.1) is 0 Å². The van der Waals surface area contributed by atoms with E-state index in [4.69, 9.17) is 9.47 Å². The smallest absolute Gasteiger partial charge is 0.256 e.